The standard InChI is InChI=1S/C24H27NO5S/c1-3-25-14-19-20(30-24(25)31)21(27-15-17-10-6-4-7-11-17)22(23(26-2)29-19)28-16-18-12-8-5-9-13-18/h3-13,19-23H,1,14-16H2,2H3/t19-,20-,21+,22-,23+/m1/s1. The van der Waals surface area contributed by atoms with E-state index in [4.69, 9.17) is 35.9 Å². The lowest BCUT2D eigenvalue weighted by Gasteiger charge is -2.49. The molecule has 164 valence electrons. The Morgan fingerprint density at radius 3 is 2.13 bits per heavy atom. The summed E-state index contributed by atoms with van der Waals surface area (Å²) in [7, 11) is 1.61. The van der Waals surface area contributed by atoms with Gasteiger partial charge in [-0.3, -0.25) is 0 Å². The quantitative estimate of drug-likeness (QED) is 0.580. The average Bonchev–Trinajstić information content (AvgIpc) is 2.82. The van der Waals surface area contributed by atoms with Crippen LogP contribution in [0.25, 0.3) is 0 Å². The molecular weight excluding hydrogens is 414 g/mol. The average molecular weight is 442 g/mol. The third-order valence-electron chi connectivity index (χ3n) is 5.46. The van der Waals surface area contributed by atoms with Crippen LogP contribution in [0.2, 0.25) is 0 Å². The van der Waals surface area contributed by atoms with Crippen LogP contribution in [-0.2, 0) is 36.9 Å². The number of ether oxygens (including phenoxy) is 5. The fourth-order valence-corrected chi connectivity index (χ4v) is 4.12. The predicted octanol–water partition coefficient (Wildman–Crippen LogP) is 3.66. The molecule has 0 radical (unpaired) electrons. The maximum Gasteiger partial charge on any atom is 0.263 e. The molecule has 5 atom stereocenters. The van der Waals surface area contributed by atoms with Gasteiger partial charge >= 0.3 is 0 Å². The van der Waals surface area contributed by atoms with Crippen LogP contribution >= 0.6 is 12.2 Å². The number of methoxy groups -OCH3 is 1. The Balaban J connectivity index is 1.56. The number of nitrogens with zero attached hydrogens (tertiary/aromatic N) is 1. The lowest BCUT2D eigenvalue weighted by atomic mass is 9.96. The Hall–Kier alpha value is -2.29. The second-order valence-electron chi connectivity index (χ2n) is 7.48. The van der Waals surface area contributed by atoms with Crippen molar-refractivity contribution in [2.45, 2.75) is 43.9 Å². The smallest absolute Gasteiger partial charge is 0.263 e. The first kappa shape index (κ1) is 21.9. The molecule has 0 N–H and O–H groups in total. The van der Waals surface area contributed by atoms with Crippen LogP contribution in [-0.4, -0.2) is 54.4 Å². The van der Waals surface area contributed by atoms with E-state index in [2.05, 4.69) is 6.58 Å². The fraction of sp³-hybridized carbons (Fsp3) is 0.375. The van der Waals surface area contributed by atoms with E-state index in [9.17, 15) is 0 Å². The van der Waals surface area contributed by atoms with Gasteiger partial charge in [0.2, 0.25) is 0 Å². The van der Waals surface area contributed by atoms with Gasteiger partial charge in [-0.1, -0.05) is 67.2 Å². The SMILES string of the molecule is C=CN1C[C@H]2O[C@H](OC)[C@H](OCc3ccccc3)[C@@H](OCc3ccccc3)[C@@H]2OC1=S. The molecule has 0 aromatic heterocycles. The minimum Gasteiger partial charge on any atom is -0.462 e. The molecule has 2 saturated heterocycles. The van der Waals surface area contributed by atoms with E-state index in [1.165, 1.54) is 0 Å². The van der Waals surface area contributed by atoms with Gasteiger partial charge in [0, 0.05) is 13.3 Å². The molecule has 7 heteroatoms. The molecule has 0 saturated carbocycles. The molecule has 0 spiro atoms. The highest BCUT2D eigenvalue weighted by Gasteiger charge is 2.52. The summed E-state index contributed by atoms with van der Waals surface area (Å²) < 4.78 is 30.6. The molecule has 2 aliphatic heterocycles. The molecule has 0 bridgehead atoms. The Labute approximate surface area is 188 Å². The van der Waals surface area contributed by atoms with Gasteiger partial charge in [0.1, 0.15) is 18.3 Å². The maximum absolute atomic E-state index is 6.37. The van der Waals surface area contributed by atoms with E-state index >= 15 is 0 Å². The largest absolute Gasteiger partial charge is 0.462 e. The van der Waals surface area contributed by atoms with Gasteiger partial charge in [-0.05, 0) is 23.3 Å². The maximum atomic E-state index is 6.37. The first-order valence-electron chi connectivity index (χ1n) is 10.3. The van der Waals surface area contributed by atoms with Crippen LogP contribution in [0.5, 0.6) is 0 Å². The number of benzene rings is 2. The molecular formula is C24H27NO5S. The van der Waals surface area contributed by atoms with Crippen LogP contribution in [0, 0.1) is 0 Å². The van der Waals surface area contributed by atoms with Gasteiger partial charge in [0.05, 0.1) is 19.8 Å². The Bertz CT molecular complexity index is 865. The highest BCUT2D eigenvalue weighted by molar-refractivity contribution is 7.80. The van der Waals surface area contributed by atoms with E-state index in [1.54, 1.807) is 18.2 Å². The van der Waals surface area contributed by atoms with E-state index in [0.717, 1.165) is 11.1 Å². The van der Waals surface area contributed by atoms with Gasteiger partial charge in [-0.25, -0.2) is 0 Å². The molecule has 0 amide bonds. The predicted molar refractivity (Wildman–Crippen MR) is 120 cm³/mol. The second kappa shape index (κ2) is 10.3. The van der Waals surface area contributed by atoms with Crippen LogP contribution < -0.4 is 0 Å². The molecule has 2 aromatic rings. The van der Waals surface area contributed by atoms with Gasteiger partial charge in [0.25, 0.3) is 5.17 Å². The van der Waals surface area contributed by atoms with Gasteiger partial charge in [-0.15, -0.1) is 0 Å². The zero-order valence-electron chi connectivity index (χ0n) is 17.5. The highest BCUT2D eigenvalue weighted by Crippen LogP contribution is 2.33. The zero-order valence-corrected chi connectivity index (χ0v) is 18.3. The molecule has 6 nitrogen and oxygen atoms in total. The number of rotatable bonds is 8. The van der Waals surface area contributed by atoms with E-state index in [-0.39, 0.29) is 6.10 Å². The third-order valence-corrected chi connectivity index (χ3v) is 5.79. The van der Waals surface area contributed by atoms with Crippen molar-refractivity contribution in [3.63, 3.8) is 0 Å². The van der Waals surface area contributed by atoms with Gasteiger partial charge in [-0.2, -0.15) is 0 Å². The first-order chi connectivity index (χ1) is 15.2. The van der Waals surface area contributed by atoms with Crippen molar-refractivity contribution in [3.8, 4) is 0 Å². The normalized spacial score (nSPS) is 28.0. The summed E-state index contributed by atoms with van der Waals surface area (Å²) in [5.74, 6) is 0. The second-order valence-corrected chi connectivity index (χ2v) is 7.83. The van der Waals surface area contributed by atoms with Crippen LogP contribution in [0.15, 0.2) is 73.4 Å². The molecule has 31 heavy (non-hydrogen) atoms. The summed E-state index contributed by atoms with van der Waals surface area (Å²) in [6.45, 7) is 5.14. The molecule has 2 aliphatic rings. The van der Waals surface area contributed by atoms with Crippen molar-refractivity contribution < 1.29 is 23.7 Å². The number of thiocarbonyl (C=S) groups is 1. The van der Waals surface area contributed by atoms with Crippen molar-refractivity contribution in [3.05, 3.63) is 84.6 Å². The summed E-state index contributed by atoms with van der Waals surface area (Å²) in [6, 6.07) is 20.0. The zero-order chi connectivity index (χ0) is 21.6. The number of fused-ring (bicyclic) bond motifs is 1. The Morgan fingerprint density at radius 1 is 1.00 bits per heavy atom. The van der Waals surface area contributed by atoms with E-state index in [1.807, 2.05) is 60.7 Å². The molecule has 2 heterocycles. The lowest BCUT2D eigenvalue weighted by molar-refractivity contribution is -0.313. The summed E-state index contributed by atoms with van der Waals surface area (Å²) >= 11 is 5.41. The monoisotopic (exact) mass is 441 g/mol. The third kappa shape index (κ3) is 5.14. The topological polar surface area (TPSA) is 49.4 Å². The van der Waals surface area contributed by atoms with Gasteiger partial charge in [0.15, 0.2) is 12.4 Å². The summed E-state index contributed by atoms with van der Waals surface area (Å²) in [6.07, 6.45) is -0.605. The first-order valence-corrected chi connectivity index (χ1v) is 10.7. The lowest BCUT2D eigenvalue weighted by Crippen LogP contribution is -2.65. The number of hydrogen-bond acceptors (Lipinski definition) is 6. The molecule has 0 unspecified atom stereocenters. The van der Waals surface area contributed by atoms with E-state index in [0.29, 0.717) is 24.9 Å². The molecule has 4 rings (SSSR count). The van der Waals surface area contributed by atoms with Gasteiger partial charge < -0.3 is 28.6 Å². The van der Waals surface area contributed by atoms with Crippen molar-refractivity contribution in [2.24, 2.45) is 0 Å². The molecule has 2 fully saturated rings. The fourth-order valence-electron chi connectivity index (χ4n) is 3.86. The van der Waals surface area contributed by atoms with Crippen LogP contribution in [0.3, 0.4) is 0 Å². The minimum absolute atomic E-state index is 0.299. The Morgan fingerprint density at radius 2 is 1.58 bits per heavy atom. The number of hydrogen-bond donors (Lipinski definition) is 0. The summed E-state index contributed by atoms with van der Waals surface area (Å²) in [5, 5.41) is 0.353. The minimum atomic E-state index is -0.604. The highest BCUT2D eigenvalue weighted by atomic mass is 32.1. The van der Waals surface area contributed by atoms with Crippen molar-refractivity contribution in [2.75, 3.05) is 13.7 Å². The van der Waals surface area contributed by atoms with Crippen molar-refractivity contribution in [1.29, 1.82) is 0 Å². The molecule has 2 aromatic carbocycles. The summed E-state index contributed by atoms with van der Waals surface area (Å²) in [5.41, 5.74) is 2.12. The summed E-state index contributed by atoms with van der Waals surface area (Å²) in [4.78, 5) is 1.75. The van der Waals surface area contributed by atoms with Crippen LogP contribution in [0.1, 0.15) is 11.1 Å². The van der Waals surface area contributed by atoms with E-state index < -0.39 is 24.6 Å². The molecule has 0 aliphatic carbocycles. The Kier molecular flexibility index (Phi) is 7.32. The van der Waals surface area contributed by atoms with Crippen molar-refractivity contribution >= 4 is 17.4 Å². The van der Waals surface area contributed by atoms with Crippen LogP contribution in [0.4, 0.5) is 0 Å². The van der Waals surface area contributed by atoms with Crippen molar-refractivity contribution in [1.82, 2.24) is 4.90 Å².